The quantitative estimate of drug-likeness (QED) is 0.492. The largest absolute Gasteiger partial charge is 0.370 e. The van der Waals surface area contributed by atoms with E-state index in [-0.39, 0.29) is 5.91 Å². The van der Waals surface area contributed by atoms with E-state index in [0.717, 1.165) is 72.8 Å². The van der Waals surface area contributed by atoms with Gasteiger partial charge in [0.15, 0.2) is 5.65 Å². The minimum Gasteiger partial charge on any atom is -0.370 e. The third kappa shape index (κ3) is 4.95. The number of fused-ring (bicyclic) bond motifs is 1. The predicted octanol–water partition coefficient (Wildman–Crippen LogP) is 4.95. The highest BCUT2D eigenvalue weighted by atomic mass is 79.9. The molecule has 1 unspecified atom stereocenters. The van der Waals surface area contributed by atoms with E-state index in [9.17, 15) is 4.79 Å². The number of amides is 1. The highest BCUT2D eigenvalue weighted by Crippen LogP contribution is 2.31. The number of hydrogen-bond acceptors (Lipinski definition) is 5. The van der Waals surface area contributed by atoms with Crippen LogP contribution in [-0.4, -0.2) is 69.1 Å². The average Bonchev–Trinajstić information content (AvgIpc) is 3.24. The SMILES string of the molecule is CC(=O)N1CCC(N2CCCC(CNc3cc(-c4ccccc4Cl)nc4c(Br)cnn34)C2)CC1. The molecule has 1 aromatic carbocycles. The average molecular weight is 546 g/mol. The molecule has 2 aromatic heterocycles. The summed E-state index contributed by atoms with van der Waals surface area (Å²) in [5.41, 5.74) is 2.50. The smallest absolute Gasteiger partial charge is 0.219 e. The van der Waals surface area contributed by atoms with Gasteiger partial charge in [-0.2, -0.15) is 9.61 Å². The standard InChI is InChI=1S/C25H30BrClN6O/c1-17(34)31-11-8-19(9-12-31)32-10-4-5-18(16-32)14-28-24-13-23(20-6-2-3-7-22(20)27)30-25-21(26)15-29-33(24)25/h2-3,6-7,13,15,18-19,28H,4-5,8-12,14,16H2,1H3. The van der Waals surface area contributed by atoms with E-state index in [1.165, 1.54) is 12.8 Å². The molecule has 0 aliphatic carbocycles. The molecule has 7 nitrogen and oxygen atoms in total. The topological polar surface area (TPSA) is 65.8 Å². The van der Waals surface area contributed by atoms with Gasteiger partial charge in [0.05, 0.1) is 16.4 Å². The number of benzene rings is 1. The molecule has 0 radical (unpaired) electrons. The lowest BCUT2D eigenvalue weighted by Gasteiger charge is -2.42. The van der Waals surface area contributed by atoms with Crippen LogP contribution in [0.5, 0.6) is 0 Å². The summed E-state index contributed by atoms with van der Waals surface area (Å²) in [4.78, 5) is 21.1. The Balaban J connectivity index is 1.29. The normalized spacial score (nSPS) is 20.1. The van der Waals surface area contributed by atoms with Crippen molar-refractivity contribution in [3.05, 3.63) is 46.0 Å². The Kier molecular flexibility index (Phi) is 7.09. The van der Waals surface area contributed by atoms with Crippen LogP contribution in [0.4, 0.5) is 5.82 Å². The molecule has 180 valence electrons. The molecule has 1 amide bonds. The lowest BCUT2D eigenvalue weighted by atomic mass is 9.93. The third-order valence-electron chi connectivity index (χ3n) is 7.13. The summed E-state index contributed by atoms with van der Waals surface area (Å²) in [6, 6.07) is 10.4. The van der Waals surface area contributed by atoms with Gasteiger partial charge in [0.1, 0.15) is 5.82 Å². The molecule has 4 heterocycles. The zero-order chi connectivity index (χ0) is 23.7. The highest BCUT2D eigenvalue weighted by molar-refractivity contribution is 9.10. The first-order valence-corrected chi connectivity index (χ1v) is 13.2. The second kappa shape index (κ2) is 10.2. The second-order valence-electron chi connectivity index (χ2n) is 9.36. The van der Waals surface area contributed by atoms with Gasteiger partial charge in [-0.3, -0.25) is 9.69 Å². The van der Waals surface area contributed by atoms with Gasteiger partial charge in [-0.15, -0.1) is 0 Å². The molecule has 3 aromatic rings. The summed E-state index contributed by atoms with van der Waals surface area (Å²) in [5.74, 6) is 1.67. The lowest BCUT2D eigenvalue weighted by molar-refractivity contribution is -0.130. The molecule has 2 saturated heterocycles. The number of rotatable bonds is 5. The van der Waals surface area contributed by atoms with Crippen molar-refractivity contribution in [1.29, 1.82) is 0 Å². The lowest BCUT2D eigenvalue weighted by Crippen LogP contribution is -2.50. The molecular weight excluding hydrogens is 516 g/mol. The molecule has 1 atom stereocenters. The summed E-state index contributed by atoms with van der Waals surface area (Å²) in [6.45, 7) is 6.56. The van der Waals surface area contributed by atoms with Crippen LogP contribution in [0, 0.1) is 5.92 Å². The zero-order valence-corrected chi connectivity index (χ0v) is 21.7. The van der Waals surface area contributed by atoms with Gasteiger partial charge in [0.25, 0.3) is 0 Å². The molecule has 9 heteroatoms. The summed E-state index contributed by atoms with van der Waals surface area (Å²) in [6.07, 6.45) is 6.35. The first kappa shape index (κ1) is 23.6. The van der Waals surface area contributed by atoms with Gasteiger partial charge < -0.3 is 10.2 Å². The molecule has 1 N–H and O–H groups in total. The number of anilines is 1. The van der Waals surface area contributed by atoms with Crippen molar-refractivity contribution in [3.8, 4) is 11.3 Å². The Morgan fingerprint density at radius 1 is 1.21 bits per heavy atom. The van der Waals surface area contributed by atoms with Crippen molar-refractivity contribution in [1.82, 2.24) is 24.4 Å². The summed E-state index contributed by atoms with van der Waals surface area (Å²) in [7, 11) is 0. The monoisotopic (exact) mass is 544 g/mol. The fourth-order valence-corrected chi connectivity index (χ4v) is 5.84. The number of nitrogens with zero attached hydrogens (tertiary/aromatic N) is 5. The molecular formula is C25H30BrClN6O. The van der Waals surface area contributed by atoms with Crippen LogP contribution in [0.15, 0.2) is 41.0 Å². The second-order valence-corrected chi connectivity index (χ2v) is 10.6. The van der Waals surface area contributed by atoms with E-state index in [1.54, 1.807) is 13.1 Å². The first-order chi connectivity index (χ1) is 16.5. The van der Waals surface area contributed by atoms with Crippen molar-refractivity contribution in [3.63, 3.8) is 0 Å². The van der Waals surface area contributed by atoms with Crippen LogP contribution in [0.25, 0.3) is 16.9 Å². The Morgan fingerprint density at radius 3 is 2.76 bits per heavy atom. The number of aromatic nitrogens is 3. The van der Waals surface area contributed by atoms with Crippen LogP contribution in [0.3, 0.4) is 0 Å². The summed E-state index contributed by atoms with van der Waals surface area (Å²) < 4.78 is 2.70. The van der Waals surface area contributed by atoms with Gasteiger partial charge in [0, 0.05) is 55.8 Å². The number of carbonyl (C=O) groups excluding carboxylic acids is 1. The van der Waals surface area contributed by atoms with E-state index in [2.05, 4.69) is 31.2 Å². The fourth-order valence-electron chi connectivity index (χ4n) is 5.26. The molecule has 2 aliphatic heterocycles. The van der Waals surface area contributed by atoms with Crippen molar-refractivity contribution in [2.24, 2.45) is 5.92 Å². The van der Waals surface area contributed by atoms with E-state index < -0.39 is 0 Å². The van der Waals surface area contributed by atoms with Crippen molar-refractivity contribution in [2.45, 2.75) is 38.6 Å². The van der Waals surface area contributed by atoms with Crippen LogP contribution in [-0.2, 0) is 4.79 Å². The van der Waals surface area contributed by atoms with Crippen LogP contribution in [0.2, 0.25) is 5.02 Å². The van der Waals surface area contributed by atoms with Gasteiger partial charge in [-0.05, 0) is 60.1 Å². The fraction of sp³-hybridized carbons (Fsp3) is 0.480. The van der Waals surface area contributed by atoms with E-state index >= 15 is 0 Å². The minimum atomic E-state index is 0.198. The number of hydrogen-bond donors (Lipinski definition) is 1. The van der Waals surface area contributed by atoms with E-state index in [0.29, 0.717) is 17.0 Å². The molecule has 5 rings (SSSR count). The number of halogens is 2. The predicted molar refractivity (Wildman–Crippen MR) is 139 cm³/mol. The summed E-state index contributed by atoms with van der Waals surface area (Å²) >= 11 is 10.1. The number of nitrogens with one attached hydrogen (secondary N) is 1. The van der Waals surface area contributed by atoms with Crippen LogP contribution >= 0.6 is 27.5 Å². The zero-order valence-electron chi connectivity index (χ0n) is 19.4. The molecule has 2 aliphatic rings. The maximum Gasteiger partial charge on any atom is 0.219 e. The van der Waals surface area contributed by atoms with Crippen molar-refractivity contribution in [2.75, 3.05) is 38.0 Å². The van der Waals surface area contributed by atoms with Crippen LogP contribution < -0.4 is 5.32 Å². The Bertz CT molecular complexity index is 1180. The van der Waals surface area contributed by atoms with E-state index in [1.807, 2.05) is 39.7 Å². The number of carbonyl (C=O) groups is 1. The van der Waals surface area contributed by atoms with Gasteiger partial charge in [-0.1, -0.05) is 29.8 Å². The van der Waals surface area contributed by atoms with Crippen molar-refractivity contribution < 1.29 is 4.79 Å². The third-order valence-corrected chi connectivity index (χ3v) is 8.02. The maximum absolute atomic E-state index is 11.7. The number of likely N-dealkylation sites (tertiary alicyclic amines) is 2. The van der Waals surface area contributed by atoms with Crippen molar-refractivity contribution >= 4 is 44.9 Å². The molecule has 0 saturated carbocycles. The van der Waals surface area contributed by atoms with Gasteiger partial charge in [0.2, 0.25) is 5.91 Å². The maximum atomic E-state index is 11.7. The highest BCUT2D eigenvalue weighted by Gasteiger charge is 2.29. The minimum absolute atomic E-state index is 0.198. The Hall–Kier alpha value is -2.16. The van der Waals surface area contributed by atoms with Gasteiger partial charge >= 0.3 is 0 Å². The molecule has 34 heavy (non-hydrogen) atoms. The van der Waals surface area contributed by atoms with Crippen LogP contribution in [0.1, 0.15) is 32.6 Å². The molecule has 0 spiro atoms. The Morgan fingerprint density at radius 2 is 2.00 bits per heavy atom. The first-order valence-electron chi connectivity index (χ1n) is 12.0. The number of piperidine rings is 2. The Labute approximate surface area is 213 Å². The summed E-state index contributed by atoms with van der Waals surface area (Å²) in [5, 5.41) is 8.86. The van der Waals surface area contributed by atoms with Gasteiger partial charge in [-0.25, -0.2) is 4.98 Å². The van der Waals surface area contributed by atoms with E-state index in [4.69, 9.17) is 16.6 Å². The molecule has 0 bridgehead atoms. The molecule has 2 fully saturated rings.